The second-order valence-corrected chi connectivity index (χ2v) is 8.15. The molecule has 0 spiro atoms. The van der Waals surface area contributed by atoms with Gasteiger partial charge in [0.2, 0.25) is 0 Å². The van der Waals surface area contributed by atoms with Gasteiger partial charge in [-0.1, -0.05) is 0 Å². The molecule has 1 aliphatic rings. The molecule has 0 heterocycles. The van der Waals surface area contributed by atoms with Gasteiger partial charge in [0.15, 0.2) is 11.6 Å². The fourth-order valence-corrected chi connectivity index (χ4v) is 2.05. The molecule has 1 aromatic rings. The normalized spacial score (nSPS) is 14.1. The first-order chi connectivity index (χ1) is 11.8. The number of benzene rings is 1. The summed E-state index contributed by atoms with van der Waals surface area (Å²) in [4.78, 5) is 49.1. The van der Waals surface area contributed by atoms with E-state index in [2.05, 4.69) is 0 Å². The molecule has 0 fully saturated rings. The van der Waals surface area contributed by atoms with Crippen molar-refractivity contribution in [3.8, 4) is 11.5 Å². The first kappa shape index (κ1) is 19.6. The van der Waals surface area contributed by atoms with E-state index in [0.717, 1.165) is 12.2 Å². The molecule has 1 aliphatic carbocycles. The third-order valence-corrected chi connectivity index (χ3v) is 3.64. The molecule has 0 unspecified atom stereocenters. The molecule has 6 nitrogen and oxygen atoms in total. The highest BCUT2D eigenvalue weighted by Gasteiger charge is 2.33. The van der Waals surface area contributed by atoms with Crippen LogP contribution in [0.2, 0.25) is 0 Å². The quantitative estimate of drug-likeness (QED) is 0.594. The number of carbonyl (C=O) groups is 4. The summed E-state index contributed by atoms with van der Waals surface area (Å²) in [5, 5.41) is 0. The first-order valence-corrected chi connectivity index (χ1v) is 8.20. The van der Waals surface area contributed by atoms with Gasteiger partial charge in [-0.2, -0.15) is 0 Å². The van der Waals surface area contributed by atoms with Crippen LogP contribution < -0.4 is 9.47 Å². The van der Waals surface area contributed by atoms with Crippen molar-refractivity contribution in [1.82, 2.24) is 0 Å². The van der Waals surface area contributed by atoms with E-state index in [-0.39, 0.29) is 22.6 Å². The van der Waals surface area contributed by atoms with Gasteiger partial charge >= 0.3 is 11.9 Å². The van der Waals surface area contributed by atoms with Crippen LogP contribution in [-0.2, 0) is 9.59 Å². The highest BCUT2D eigenvalue weighted by molar-refractivity contribution is 6.24. The Bertz CT molecular complexity index is 762. The average molecular weight is 358 g/mol. The molecule has 0 aromatic heterocycles. The van der Waals surface area contributed by atoms with Crippen LogP contribution in [0.25, 0.3) is 0 Å². The van der Waals surface area contributed by atoms with Crippen LogP contribution >= 0.6 is 0 Å². The topological polar surface area (TPSA) is 86.7 Å². The molecule has 0 atom stereocenters. The summed E-state index contributed by atoms with van der Waals surface area (Å²) >= 11 is 0. The van der Waals surface area contributed by atoms with Gasteiger partial charge in [0.05, 0.1) is 22.0 Å². The van der Waals surface area contributed by atoms with E-state index in [1.54, 1.807) is 41.5 Å². The third-order valence-electron chi connectivity index (χ3n) is 3.64. The predicted molar refractivity (Wildman–Crippen MR) is 94.4 cm³/mol. The molecule has 0 N–H and O–H groups in total. The minimum absolute atomic E-state index is 0.0295. The minimum atomic E-state index is -0.790. The second-order valence-electron chi connectivity index (χ2n) is 8.15. The lowest BCUT2D eigenvalue weighted by Crippen LogP contribution is -2.28. The number of ether oxygens (including phenoxy) is 2. The molecule has 0 aliphatic heterocycles. The van der Waals surface area contributed by atoms with Crippen LogP contribution in [-0.4, -0.2) is 23.5 Å². The van der Waals surface area contributed by atoms with Gasteiger partial charge in [-0.05, 0) is 65.8 Å². The number of rotatable bonds is 2. The van der Waals surface area contributed by atoms with E-state index in [0.29, 0.717) is 0 Å². The van der Waals surface area contributed by atoms with E-state index in [9.17, 15) is 19.2 Å². The van der Waals surface area contributed by atoms with Crippen LogP contribution in [0.1, 0.15) is 62.3 Å². The maximum atomic E-state index is 12.3. The van der Waals surface area contributed by atoms with Crippen LogP contribution in [0.15, 0.2) is 24.3 Å². The van der Waals surface area contributed by atoms with Crippen molar-refractivity contribution in [2.24, 2.45) is 10.8 Å². The number of hydrogen-bond donors (Lipinski definition) is 0. The van der Waals surface area contributed by atoms with Crippen LogP contribution in [0.4, 0.5) is 0 Å². The average Bonchev–Trinajstić information content (AvgIpc) is 2.50. The molecule has 26 heavy (non-hydrogen) atoms. The first-order valence-electron chi connectivity index (χ1n) is 8.20. The molecule has 6 heteroatoms. The summed E-state index contributed by atoms with van der Waals surface area (Å²) in [6, 6.07) is 2.72. The number of hydrogen-bond acceptors (Lipinski definition) is 6. The van der Waals surface area contributed by atoms with Crippen LogP contribution in [0.5, 0.6) is 11.5 Å². The molecule has 0 saturated heterocycles. The van der Waals surface area contributed by atoms with Crippen molar-refractivity contribution < 1.29 is 28.7 Å². The van der Waals surface area contributed by atoms with Crippen molar-refractivity contribution in [1.29, 1.82) is 0 Å². The van der Waals surface area contributed by atoms with Gasteiger partial charge in [0, 0.05) is 0 Å². The summed E-state index contributed by atoms with van der Waals surface area (Å²) < 4.78 is 10.7. The van der Waals surface area contributed by atoms with Crippen LogP contribution in [0.3, 0.4) is 0 Å². The van der Waals surface area contributed by atoms with Gasteiger partial charge in [-0.15, -0.1) is 0 Å². The van der Waals surface area contributed by atoms with E-state index in [4.69, 9.17) is 9.47 Å². The predicted octanol–water partition coefficient (Wildman–Crippen LogP) is 3.52. The summed E-state index contributed by atoms with van der Waals surface area (Å²) in [7, 11) is 0. The fraction of sp³-hybridized carbons (Fsp3) is 0.400. The summed E-state index contributed by atoms with van der Waals surface area (Å²) in [6.07, 6.45) is 2.21. The molecule has 1 aromatic carbocycles. The lowest BCUT2D eigenvalue weighted by Gasteiger charge is -2.22. The van der Waals surface area contributed by atoms with E-state index >= 15 is 0 Å². The molecule has 2 rings (SSSR count). The Kier molecular flexibility index (Phi) is 4.90. The largest absolute Gasteiger partial charge is 0.425 e. The summed E-state index contributed by atoms with van der Waals surface area (Å²) in [5.74, 6) is -2.14. The number of carbonyl (C=O) groups excluding carboxylic acids is 4. The van der Waals surface area contributed by atoms with Gasteiger partial charge in [0.25, 0.3) is 0 Å². The molecule has 0 radical (unpaired) electrons. The zero-order valence-electron chi connectivity index (χ0n) is 15.8. The van der Waals surface area contributed by atoms with Gasteiger partial charge in [-0.25, -0.2) is 0 Å². The minimum Gasteiger partial charge on any atom is -0.425 e. The number of esters is 2. The lowest BCUT2D eigenvalue weighted by molar-refractivity contribution is -0.144. The van der Waals surface area contributed by atoms with Crippen molar-refractivity contribution in [3.05, 3.63) is 35.4 Å². The molecule has 0 saturated carbocycles. The van der Waals surface area contributed by atoms with Gasteiger partial charge in [0.1, 0.15) is 11.5 Å². The lowest BCUT2D eigenvalue weighted by atomic mass is 9.92. The highest BCUT2D eigenvalue weighted by atomic mass is 16.5. The number of ketones is 2. The highest BCUT2D eigenvalue weighted by Crippen LogP contribution is 2.36. The monoisotopic (exact) mass is 358 g/mol. The van der Waals surface area contributed by atoms with E-state index in [1.807, 2.05) is 0 Å². The Morgan fingerprint density at radius 2 is 1.00 bits per heavy atom. The maximum absolute atomic E-state index is 12.3. The zero-order chi connectivity index (χ0) is 19.9. The molecule has 138 valence electrons. The third kappa shape index (κ3) is 3.90. The van der Waals surface area contributed by atoms with Gasteiger partial charge < -0.3 is 9.47 Å². The molecular formula is C20H22O6. The Balaban J connectivity index is 2.55. The summed E-state index contributed by atoms with van der Waals surface area (Å²) in [5.41, 5.74) is -1.73. The number of allylic oxidation sites excluding steroid dienone is 2. The van der Waals surface area contributed by atoms with Crippen molar-refractivity contribution in [3.63, 3.8) is 0 Å². The Hall–Kier alpha value is -2.76. The van der Waals surface area contributed by atoms with Crippen molar-refractivity contribution in [2.45, 2.75) is 41.5 Å². The van der Waals surface area contributed by atoms with Crippen molar-refractivity contribution in [2.75, 3.05) is 0 Å². The fourth-order valence-electron chi connectivity index (χ4n) is 2.05. The maximum Gasteiger partial charge on any atom is 0.316 e. The number of fused-ring (bicyclic) bond motifs is 1. The summed E-state index contributed by atoms with van der Waals surface area (Å²) in [6.45, 7) is 10.0. The zero-order valence-corrected chi connectivity index (χ0v) is 15.8. The van der Waals surface area contributed by atoms with E-state index < -0.39 is 34.3 Å². The van der Waals surface area contributed by atoms with Crippen molar-refractivity contribution >= 4 is 23.5 Å². The molecular weight excluding hydrogens is 336 g/mol. The molecule has 0 bridgehead atoms. The smallest absolute Gasteiger partial charge is 0.316 e. The van der Waals surface area contributed by atoms with E-state index in [1.165, 1.54) is 12.1 Å². The second kappa shape index (κ2) is 6.52. The Morgan fingerprint density at radius 3 is 1.27 bits per heavy atom. The standard InChI is InChI=1S/C20H22O6/c1-19(2,3)17(23)25-13-9-10-14(26-18(24)20(4,5)6)16-12(22)8-7-11(21)15(13)16/h7-10H,1-6H3. The Labute approximate surface area is 152 Å². The Morgan fingerprint density at radius 1 is 0.692 bits per heavy atom. The molecule has 0 amide bonds. The SMILES string of the molecule is CC(C)(C)C(=O)Oc1ccc(OC(=O)C(C)(C)C)c2c1C(=O)C=CC2=O. The van der Waals surface area contributed by atoms with Crippen LogP contribution in [0, 0.1) is 10.8 Å². The van der Waals surface area contributed by atoms with Gasteiger partial charge in [-0.3, -0.25) is 19.2 Å².